The maximum Gasteiger partial charge on any atom is 0.383 e. The molecule has 0 spiro atoms. The van der Waals surface area contributed by atoms with Crippen molar-refractivity contribution in [2.75, 3.05) is 32.8 Å². The lowest BCUT2D eigenvalue weighted by Gasteiger charge is -2.41. The van der Waals surface area contributed by atoms with Crippen LogP contribution in [-0.2, 0) is 9.53 Å². The lowest BCUT2D eigenvalue weighted by molar-refractivity contribution is -0.170. The summed E-state index contributed by atoms with van der Waals surface area (Å²) in [4.78, 5) is 13.0. The van der Waals surface area contributed by atoms with Crippen molar-refractivity contribution in [3.8, 4) is 0 Å². The molecular formula is C11H18F4N2O2. The molecule has 0 atom stereocenters. The molecule has 1 aliphatic heterocycles. The Balaban J connectivity index is 2.52. The van der Waals surface area contributed by atoms with Crippen LogP contribution in [0.5, 0.6) is 0 Å². The van der Waals surface area contributed by atoms with E-state index in [9.17, 15) is 22.4 Å². The van der Waals surface area contributed by atoms with Crippen molar-refractivity contribution >= 4 is 5.91 Å². The summed E-state index contributed by atoms with van der Waals surface area (Å²) >= 11 is 0. The van der Waals surface area contributed by atoms with E-state index in [1.165, 1.54) is 0 Å². The van der Waals surface area contributed by atoms with Gasteiger partial charge in [-0.2, -0.15) is 8.78 Å². The van der Waals surface area contributed by atoms with Crippen LogP contribution in [0.1, 0.15) is 13.8 Å². The van der Waals surface area contributed by atoms with E-state index >= 15 is 0 Å². The molecular weight excluding hydrogens is 268 g/mol. The Morgan fingerprint density at radius 2 is 1.84 bits per heavy atom. The minimum atomic E-state index is -4.65. The van der Waals surface area contributed by atoms with Gasteiger partial charge in [0.1, 0.15) is 0 Å². The highest BCUT2D eigenvalue weighted by atomic mass is 19.3. The van der Waals surface area contributed by atoms with Gasteiger partial charge in [-0.05, 0) is 13.8 Å². The molecule has 0 aliphatic carbocycles. The first kappa shape index (κ1) is 16.2. The Kier molecular flexibility index (Phi) is 5.14. The summed E-state index contributed by atoms with van der Waals surface area (Å²) in [6, 6.07) is 0. The number of ether oxygens (including phenoxy) is 1. The van der Waals surface area contributed by atoms with E-state index < -0.39 is 23.8 Å². The maximum absolute atomic E-state index is 12.8. The lowest BCUT2D eigenvalue weighted by atomic mass is 10.0. The highest BCUT2D eigenvalue weighted by Gasteiger charge is 2.49. The summed E-state index contributed by atoms with van der Waals surface area (Å²) in [5.41, 5.74) is -0.600. The number of nitrogens with one attached hydrogen (secondary N) is 1. The van der Waals surface area contributed by atoms with Crippen LogP contribution in [0.4, 0.5) is 17.6 Å². The third kappa shape index (κ3) is 4.04. The summed E-state index contributed by atoms with van der Waals surface area (Å²) in [6.45, 7) is 5.61. The molecule has 1 amide bonds. The average molecular weight is 286 g/mol. The normalized spacial score (nSPS) is 18.7. The molecule has 4 nitrogen and oxygen atoms in total. The summed E-state index contributed by atoms with van der Waals surface area (Å²) < 4.78 is 54.7. The van der Waals surface area contributed by atoms with Crippen LogP contribution in [0.15, 0.2) is 0 Å². The second-order valence-electron chi connectivity index (χ2n) is 5.02. The van der Waals surface area contributed by atoms with Crippen molar-refractivity contribution < 1.29 is 27.1 Å². The molecule has 0 aromatic heterocycles. The van der Waals surface area contributed by atoms with Crippen LogP contribution in [0, 0.1) is 0 Å². The first-order valence-electron chi connectivity index (χ1n) is 5.95. The number of nitrogens with zero attached hydrogens (tertiary/aromatic N) is 1. The van der Waals surface area contributed by atoms with E-state index in [4.69, 9.17) is 4.74 Å². The largest absolute Gasteiger partial charge is 0.383 e. The van der Waals surface area contributed by atoms with Gasteiger partial charge in [-0.3, -0.25) is 9.69 Å². The summed E-state index contributed by atoms with van der Waals surface area (Å²) in [5, 5.41) is 1.89. The number of carbonyl (C=O) groups is 1. The van der Waals surface area contributed by atoms with Gasteiger partial charge < -0.3 is 10.1 Å². The van der Waals surface area contributed by atoms with Gasteiger partial charge in [0.2, 0.25) is 0 Å². The van der Waals surface area contributed by atoms with E-state index in [0.29, 0.717) is 26.3 Å². The summed E-state index contributed by atoms with van der Waals surface area (Å²) in [7, 11) is 0. The zero-order valence-electron chi connectivity index (χ0n) is 10.9. The summed E-state index contributed by atoms with van der Waals surface area (Å²) in [6.07, 6.45) is -4.00. The number of rotatable bonds is 5. The third-order valence-corrected chi connectivity index (χ3v) is 3.13. The molecule has 0 saturated carbocycles. The van der Waals surface area contributed by atoms with Gasteiger partial charge >= 0.3 is 12.3 Å². The highest BCUT2D eigenvalue weighted by molar-refractivity contribution is 5.83. The fourth-order valence-electron chi connectivity index (χ4n) is 1.79. The van der Waals surface area contributed by atoms with Crippen molar-refractivity contribution in [3.63, 3.8) is 0 Å². The van der Waals surface area contributed by atoms with Gasteiger partial charge in [0, 0.05) is 25.2 Å². The standard InChI is InChI=1S/C11H18F4N2O2/c1-10(2,17-3-5-19-6-4-17)7-16-9(18)11(14,15)8(12)13/h8H,3-7H2,1-2H3,(H,16,18). The van der Waals surface area contributed by atoms with E-state index in [2.05, 4.69) is 0 Å². The number of alkyl halides is 4. The molecule has 1 N–H and O–H groups in total. The SMILES string of the molecule is CC(C)(CNC(=O)C(F)(F)C(F)F)N1CCOCC1. The Labute approximate surface area is 109 Å². The van der Waals surface area contributed by atoms with E-state index in [-0.39, 0.29) is 6.54 Å². The van der Waals surface area contributed by atoms with E-state index in [1.807, 2.05) is 10.2 Å². The van der Waals surface area contributed by atoms with Crippen LogP contribution in [0.2, 0.25) is 0 Å². The fraction of sp³-hybridized carbons (Fsp3) is 0.909. The maximum atomic E-state index is 12.8. The lowest BCUT2D eigenvalue weighted by Crippen LogP contribution is -2.57. The van der Waals surface area contributed by atoms with Gasteiger partial charge in [0.25, 0.3) is 5.91 Å². The molecule has 1 aliphatic rings. The predicted octanol–water partition coefficient (Wildman–Crippen LogP) is 1.11. The number of amides is 1. The van der Waals surface area contributed by atoms with Gasteiger partial charge in [0.05, 0.1) is 13.2 Å². The van der Waals surface area contributed by atoms with Gasteiger partial charge in [-0.15, -0.1) is 0 Å². The van der Waals surface area contributed by atoms with Gasteiger partial charge in [0.15, 0.2) is 0 Å². The molecule has 8 heteroatoms. The summed E-state index contributed by atoms with van der Waals surface area (Å²) in [5.74, 6) is -6.59. The monoisotopic (exact) mass is 286 g/mol. The van der Waals surface area contributed by atoms with Crippen molar-refractivity contribution in [2.45, 2.75) is 31.7 Å². The first-order chi connectivity index (χ1) is 8.68. The van der Waals surface area contributed by atoms with Crippen LogP contribution in [0.3, 0.4) is 0 Å². The molecule has 1 fully saturated rings. The van der Waals surface area contributed by atoms with Gasteiger partial charge in [-0.1, -0.05) is 0 Å². The Hall–Kier alpha value is -0.890. The number of halogens is 4. The predicted molar refractivity (Wildman–Crippen MR) is 60.4 cm³/mol. The number of hydrogen-bond acceptors (Lipinski definition) is 3. The van der Waals surface area contributed by atoms with Crippen LogP contribution in [0.25, 0.3) is 0 Å². The molecule has 1 heterocycles. The highest BCUT2D eigenvalue weighted by Crippen LogP contribution is 2.23. The molecule has 19 heavy (non-hydrogen) atoms. The first-order valence-corrected chi connectivity index (χ1v) is 5.95. The second-order valence-corrected chi connectivity index (χ2v) is 5.02. The topological polar surface area (TPSA) is 41.6 Å². The zero-order valence-corrected chi connectivity index (χ0v) is 10.9. The molecule has 0 aromatic carbocycles. The molecule has 0 radical (unpaired) electrons. The van der Waals surface area contributed by atoms with Crippen molar-refractivity contribution in [1.82, 2.24) is 10.2 Å². The van der Waals surface area contributed by atoms with Crippen LogP contribution in [-0.4, -0.2) is 61.5 Å². The number of morpholine rings is 1. The quantitative estimate of drug-likeness (QED) is 0.770. The Morgan fingerprint density at radius 1 is 1.32 bits per heavy atom. The molecule has 0 unspecified atom stereocenters. The molecule has 1 saturated heterocycles. The molecule has 0 aromatic rings. The second kappa shape index (κ2) is 6.04. The number of hydrogen-bond donors (Lipinski definition) is 1. The number of carbonyl (C=O) groups excluding carboxylic acids is 1. The zero-order chi connectivity index (χ0) is 14.7. The van der Waals surface area contributed by atoms with E-state index in [1.54, 1.807) is 13.8 Å². The van der Waals surface area contributed by atoms with E-state index in [0.717, 1.165) is 0 Å². The minimum Gasteiger partial charge on any atom is -0.379 e. The third-order valence-electron chi connectivity index (χ3n) is 3.13. The van der Waals surface area contributed by atoms with Crippen molar-refractivity contribution in [2.24, 2.45) is 0 Å². The minimum absolute atomic E-state index is 0.131. The van der Waals surface area contributed by atoms with Crippen LogP contribution < -0.4 is 5.32 Å². The Bertz CT molecular complexity index is 318. The van der Waals surface area contributed by atoms with Crippen LogP contribution >= 0.6 is 0 Å². The Morgan fingerprint density at radius 3 is 2.32 bits per heavy atom. The van der Waals surface area contributed by atoms with Crippen molar-refractivity contribution in [3.05, 3.63) is 0 Å². The smallest absolute Gasteiger partial charge is 0.379 e. The fourth-order valence-corrected chi connectivity index (χ4v) is 1.79. The van der Waals surface area contributed by atoms with Crippen molar-refractivity contribution in [1.29, 1.82) is 0 Å². The van der Waals surface area contributed by atoms with Gasteiger partial charge in [-0.25, -0.2) is 8.78 Å². The molecule has 1 rings (SSSR count). The molecule has 0 bridgehead atoms. The molecule has 112 valence electrons. The average Bonchev–Trinajstić information content (AvgIpc) is 2.36.